The van der Waals surface area contributed by atoms with E-state index in [1.54, 1.807) is 19.1 Å². The molecule has 39 heavy (non-hydrogen) atoms. The van der Waals surface area contributed by atoms with Crippen molar-refractivity contribution in [3.8, 4) is 11.1 Å². The molecule has 216 valence electrons. The van der Waals surface area contributed by atoms with Gasteiger partial charge < -0.3 is 14.8 Å². The predicted octanol–water partition coefficient (Wildman–Crippen LogP) is 8.96. The summed E-state index contributed by atoms with van der Waals surface area (Å²) in [6, 6.07) is 18.2. The van der Waals surface area contributed by atoms with Gasteiger partial charge in [0, 0.05) is 6.04 Å². The Kier molecular flexibility index (Phi) is 20.6. The SMILES string of the molecule is C.C/C=C\C.C=CC=C.CCOC(=O)C(C)C[C@H](Cc1ccc(-c2ccccc2)cc1)NC(=O)OC(C)(C)C. The summed E-state index contributed by atoms with van der Waals surface area (Å²) in [7, 11) is 0. The van der Waals surface area contributed by atoms with E-state index in [-0.39, 0.29) is 25.4 Å². The molecule has 2 aromatic carbocycles. The van der Waals surface area contributed by atoms with Gasteiger partial charge in [0.2, 0.25) is 0 Å². The zero-order valence-electron chi connectivity index (χ0n) is 24.3. The molecule has 0 aromatic heterocycles. The van der Waals surface area contributed by atoms with Gasteiger partial charge in [0.1, 0.15) is 5.60 Å². The smallest absolute Gasteiger partial charge is 0.407 e. The molecular formula is C34H51NO4. The van der Waals surface area contributed by atoms with Crippen LogP contribution >= 0.6 is 0 Å². The van der Waals surface area contributed by atoms with Crippen LogP contribution in [-0.2, 0) is 20.7 Å². The average Bonchev–Trinajstić information content (AvgIpc) is 2.88. The summed E-state index contributed by atoms with van der Waals surface area (Å²) < 4.78 is 10.5. The van der Waals surface area contributed by atoms with Gasteiger partial charge in [-0.3, -0.25) is 4.79 Å². The normalized spacial score (nSPS) is 11.7. The highest BCUT2D eigenvalue weighted by molar-refractivity contribution is 5.72. The highest BCUT2D eigenvalue weighted by atomic mass is 16.6. The molecule has 1 N–H and O–H groups in total. The van der Waals surface area contributed by atoms with Crippen molar-refractivity contribution in [2.24, 2.45) is 5.92 Å². The van der Waals surface area contributed by atoms with E-state index in [9.17, 15) is 9.59 Å². The number of allylic oxidation sites excluding steroid dienone is 4. The van der Waals surface area contributed by atoms with Crippen molar-refractivity contribution < 1.29 is 19.1 Å². The number of hydrogen-bond donors (Lipinski definition) is 1. The Bertz CT molecular complexity index is 963. The van der Waals surface area contributed by atoms with Crippen LogP contribution in [0, 0.1) is 5.92 Å². The summed E-state index contributed by atoms with van der Waals surface area (Å²) in [6.07, 6.45) is 7.86. The standard InChI is InChI=1S/C25H33NO4.C4H8.C4H6.CH4/c1-6-29-23(27)18(2)16-22(26-24(28)30-25(3,4)5)17-19-12-14-21(15-13-19)20-10-8-7-9-11-20;2*1-3-4-2;/h7-15,18,22H,6,16-17H2,1-5H3,(H,26,28);3-4H,1-2H3;3-4H,1-2H2;1H4/b;4-3-;;/t18?,22-;;;/m1.../s1. The summed E-state index contributed by atoms with van der Waals surface area (Å²) in [5.41, 5.74) is 2.78. The van der Waals surface area contributed by atoms with E-state index in [2.05, 4.69) is 54.9 Å². The van der Waals surface area contributed by atoms with Gasteiger partial charge in [-0.2, -0.15) is 0 Å². The van der Waals surface area contributed by atoms with Gasteiger partial charge in [0.15, 0.2) is 0 Å². The molecule has 0 spiro atoms. The van der Waals surface area contributed by atoms with Crippen LogP contribution in [0.15, 0.2) is 92.1 Å². The number of nitrogens with one attached hydrogen (secondary N) is 1. The summed E-state index contributed by atoms with van der Waals surface area (Å²) in [6.45, 7) is 20.1. The molecule has 1 amide bonds. The molecule has 0 saturated carbocycles. The molecule has 2 atom stereocenters. The fourth-order valence-corrected chi connectivity index (χ4v) is 3.22. The van der Waals surface area contributed by atoms with Crippen LogP contribution in [0.3, 0.4) is 0 Å². The minimum absolute atomic E-state index is 0. The second-order valence-corrected chi connectivity index (χ2v) is 9.64. The lowest BCUT2D eigenvalue weighted by Gasteiger charge is -2.25. The van der Waals surface area contributed by atoms with Crippen molar-refractivity contribution in [1.29, 1.82) is 0 Å². The van der Waals surface area contributed by atoms with Gasteiger partial charge in [0.25, 0.3) is 0 Å². The molecule has 1 unspecified atom stereocenters. The molecule has 0 aliphatic rings. The Labute approximate surface area is 238 Å². The van der Waals surface area contributed by atoms with Crippen LogP contribution in [0.5, 0.6) is 0 Å². The monoisotopic (exact) mass is 537 g/mol. The minimum atomic E-state index is -0.585. The molecule has 0 aliphatic heterocycles. The highest BCUT2D eigenvalue weighted by Crippen LogP contribution is 2.21. The lowest BCUT2D eigenvalue weighted by Crippen LogP contribution is -2.41. The largest absolute Gasteiger partial charge is 0.466 e. The zero-order valence-corrected chi connectivity index (χ0v) is 24.3. The third kappa shape index (κ3) is 18.3. The Morgan fingerprint density at radius 3 is 1.87 bits per heavy atom. The molecule has 0 aliphatic carbocycles. The molecule has 0 heterocycles. The number of rotatable bonds is 9. The maximum atomic E-state index is 12.3. The van der Waals surface area contributed by atoms with Crippen molar-refractivity contribution in [3.05, 3.63) is 97.6 Å². The van der Waals surface area contributed by atoms with Gasteiger partial charge in [0.05, 0.1) is 12.5 Å². The van der Waals surface area contributed by atoms with E-state index >= 15 is 0 Å². The van der Waals surface area contributed by atoms with E-state index in [4.69, 9.17) is 9.47 Å². The number of ether oxygens (including phenoxy) is 2. The van der Waals surface area contributed by atoms with Crippen LogP contribution in [-0.4, -0.2) is 30.3 Å². The molecule has 2 rings (SSSR count). The third-order valence-electron chi connectivity index (χ3n) is 5.09. The number of hydrogen-bond acceptors (Lipinski definition) is 4. The fraction of sp³-hybridized carbons (Fsp3) is 0.412. The van der Waals surface area contributed by atoms with Crippen LogP contribution in [0.25, 0.3) is 11.1 Å². The van der Waals surface area contributed by atoms with Crippen molar-refractivity contribution in [2.75, 3.05) is 6.61 Å². The molecular weight excluding hydrogens is 486 g/mol. The first-order valence-electron chi connectivity index (χ1n) is 13.1. The molecule has 0 radical (unpaired) electrons. The van der Waals surface area contributed by atoms with Crippen molar-refractivity contribution in [2.45, 2.75) is 80.4 Å². The van der Waals surface area contributed by atoms with Crippen LogP contribution < -0.4 is 5.32 Å². The Balaban J connectivity index is 0. The summed E-state index contributed by atoms with van der Waals surface area (Å²) in [4.78, 5) is 24.4. The van der Waals surface area contributed by atoms with E-state index in [1.807, 2.05) is 71.9 Å². The number of carbonyl (C=O) groups is 2. The van der Waals surface area contributed by atoms with E-state index < -0.39 is 11.7 Å². The Hall–Kier alpha value is -3.60. The second-order valence-electron chi connectivity index (χ2n) is 9.64. The molecule has 0 saturated heterocycles. The van der Waals surface area contributed by atoms with Crippen molar-refractivity contribution in [3.63, 3.8) is 0 Å². The lowest BCUT2D eigenvalue weighted by atomic mass is 9.95. The maximum absolute atomic E-state index is 12.3. The first-order valence-corrected chi connectivity index (χ1v) is 13.1. The average molecular weight is 538 g/mol. The van der Waals surface area contributed by atoms with Gasteiger partial charge in [-0.1, -0.05) is 106 Å². The Morgan fingerprint density at radius 1 is 0.923 bits per heavy atom. The van der Waals surface area contributed by atoms with Gasteiger partial charge >= 0.3 is 12.1 Å². The minimum Gasteiger partial charge on any atom is -0.466 e. The van der Waals surface area contributed by atoms with Crippen LogP contribution in [0.2, 0.25) is 0 Å². The molecule has 0 fully saturated rings. The third-order valence-corrected chi connectivity index (χ3v) is 5.09. The number of esters is 1. The van der Waals surface area contributed by atoms with E-state index in [0.717, 1.165) is 16.7 Å². The van der Waals surface area contributed by atoms with E-state index in [0.29, 0.717) is 19.4 Å². The number of alkyl carbamates (subject to hydrolysis) is 1. The Morgan fingerprint density at radius 2 is 1.44 bits per heavy atom. The molecule has 0 bridgehead atoms. The van der Waals surface area contributed by atoms with Gasteiger partial charge in [-0.15, -0.1) is 0 Å². The molecule has 2 aromatic rings. The van der Waals surface area contributed by atoms with Crippen molar-refractivity contribution >= 4 is 12.1 Å². The first-order chi connectivity index (χ1) is 18.0. The predicted molar refractivity (Wildman–Crippen MR) is 167 cm³/mol. The second kappa shape index (κ2) is 21.3. The number of benzene rings is 2. The van der Waals surface area contributed by atoms with Crippen molar-refractivity contribution in [1.82, 2.24) is 5.32 Å². The fourth-order valence-electron chi connectivity index (χ4n) is 3.22. The molecule has 5 nitrogen and oxygen atoms in total. The number of amides is 1. The lowest BCUT2D eigenvalue weighted by molar-refractivity contribution is -0.147. The molecule has 5 heteroatoms. The topological polar surface area (TPSA) is 64.6 Å². The van der Waals surface area contributed by atoms with Gasteiger partial charge in [-0.25, -0.2) is 4.79 Å². The van der Waals surface area contributed by atoms with E-state index in [1.165, 1.54) is 0 Å². The number of carbonyl (C=O) groups excluding carboxylic acids is 2. The quantitative estimate of drug-likeness (QED) is 0.197. The first kappa shape index (κ1) is 37.6. The van der Waals surface area contributed by atoms with Gasteiger partial charge in [-0.05, 0) is 71.1 Å². The highest BCUT2D eigenvalue weighted by Gasteiger charge is 2.24. The summed E-state index contributed by atoms with van der Waals surface area (Å²) in [5.74, 6) is -0.582. The zero-order chi connectivity index (χ0) is 29.0. The van der Waals surface area contributed by atoms with Crippen LogP contribution in [0.1, 0.15) is 67.9 Å². The summed E-state index contributed by atoms with van der Waals surface area (Å²) in [5, 5.41) is 2.93. The van der Waals surface area contributed by atoms with Crippen LogP contribution in [0.4, 0.5) is 4.79 Å². The summed E-state index contributed by atoms with van der Waals surface area (Å²) >= 11 is 0. The maximum Gasteiger partial charge on any atom is 0.407 e.